The van der Waals surface area contributed by atoms with Crippen molar-refractivity contribution in [2.45, 2.75) is 223 Å². The monoisotopic (exact) mass is 848 g/mol. The summed E-state index contributed by atoms with van der Waals surface area (Å²) in [6.45, 7) is 3.16. The molecule has 0 aromatic carbocycles. The second-order valence-corrected chi connectivity index (χ2v) is 16.8. The van der Waals surface area contributed by atoms with Gasteiger partial charge in [-0.3, -0.25) is 9.35 Å². The first-order valence-electron chi connectivity index (χ1n) is 22.5. The maximum atomic E-state index is 13.1. The van der Waals surface area contributed by atoms with Gasteiger partial charge in [0.05, 0.1) is 25.4 Å². The third-order valence-corrected chi connectivity index (χ3v) is 11.0. The van der Waals surface area contributed by atoms with Crippen molar-refractivity contribution in [3.8, 4) is 0 Å². The predicted molar refractivity (Wildman–Crippen MR) is 228 cm³/mol. The Morgan fingerprint density at radius 1 is 0.690 bits per heavy atom. The number of carbonyl (C=O) groups is 1. The van der Waals surface area contributed by atoms with Gasteiger partial charge in [0.2, 0.25) is 5.91 Å². The predicted octanol–water partition coefficient (Wildman–Crippen LogP) is 7.30. The van der Waals surface area contributed by atoms with E-state index in [1.54, 1.807) is 6.08 Å². The van der Waals surface area contributed by atoms with Crippen LogP contribution in [0.5, 0.6) is 0 Å². The lowest BCUT2D eigenvalue weighted by atomic mass is 9.99. The Hall–Kier alpha value is -1.72. The number of aliphatic hydroxyl groups excluding tert-OH is 5. The van der Waals surface area contributed by atoms with Crippen LogP contribution >= 0.6 is 0 Å². The van der Waals surface area contributed by atoms with E-state index >= 15 is 0 Å². The van der Waals surface area contributed by atoms with E-state index in [1.165, 1.54) is 83.1 Å². The molecule has 0 aromatic rings. The summed E-state index contributed by atoms with van der Waals surface area (Å²) in [5.41, 5.74) is 0. The first-order valence-corrected chi connectivity index (χ1v) is 23.8. The molecule has 0 saturated carbocycles. The second-order valence-electron chi connectivity index (χ2n) is 15.8. The van der Waals surface area contributed by atoms with Gasteiger partial charge in [-0.1, -0.05) is 153 Å². The van der Waals surface area contributed by atoms with Gasteiger partial charge in [0.1, 0.15) is 30.5 Å². The van der Waals surface area contributed by atoms with Gasteiger partial charge in [-0.2, -0.15) is 8.42 Å². The zero-order valence-corrected chi connectivity index (χ0v) is 36.5. The Bertz CT molecular complexity index is 1200. The standard InChI is InChI=1S/C44H81NO12S/c1-3-5-7-9-11-13-15-17-19-21-22-24-26-28-30-32-37(47)36(35-55-44-41(50)42(57-58(52,53)54)40(49)39(34-46)56-44)45-43(51)38(48)33-31-29-27-25-23-20-18-16-14-12-10-8-6-4-2/h14,16,22,24,30,32,36-42,44,46-50H,3-13,15,17-21,23,25-29,31,33-35H2,1-2H3,(H,45,51)(H,52,53,54)/b16-14-,24-22+,32-30+. The van der Waals surface area contributed by atoms with E-state index in [0.717, 1.165) is 64.2 Å². The fourth-order valence-electron chi connectivity index (χ4n) is 6.88. The number of allylic oxidation sites excluding steroid dienone is 5. The molecule has 1 heterocycles. The highest BCUT2D eigenvalue weighted by Crippen LogP contribution is 2.26. The lowest BCUT2D eigenvalue weighted by Crippen LogP contribution is -2.61. The molecular formula is C44H81NO12S. The smallest absolute Gasteiger partial charge is 0.394 e. The van der Waals surface area contributed by atoms with Gasteiger partial charge in [0.25, 0.3) is 0 Å². The van der Waals surface area contributed by atoms with Gasteiger partial charge < -0.3 is 40.3 Å². The van der Waals surface area contributed by atoms with Crippen molar-refractivity contribution in [2.75, 3.05) is 13.2 Å². The Kier molecular flexibility index (Phi) is 32.7. The number of nitrogens with one attached hydrogen (secondary N) is 1. The molecular weight excluding hydrogens is 767 g/mol. The quantitative estimate of drug-likeness (QED) is 0.0187. The van der Waals surface area contributed by atoms with E-state index in [0.29, 0.717) is 12.8 Å². The third kappa shape index (κ3) is 27.2. The topological polar surface area (TPSA) is 212 Å². The SMILES string of the molecule is CCCCCC/C=C\CCCCCCCCC(O)C(=O)NC(COC1OC(CO)C(O)C(OS(=O)(=O)O)C1O)C(O)/C=C/CC/C=C/CCCCCCCCCCC. The average molecular weight is 848 g/mol. The van der Waals surface area contributed by atoms with Crippen LogP contribution in [0, 0.1) is 0 Å². The Labute approximate surface area is 350 Å². The molecule has 7 N–H and O–H groups in total. The normalized spacial score (nSPS) is 22.0. The van der Waals surface area contributed by atoms with Gasteiger partial charge in [0, 0.05) is 0 Å². The molecule has 1 fully saturated rings. The van der Waals surface area contributed by atoms with Gasteiger partial charge in [-0.05, 0) is 57.8 Å². The molecule has 8 unspecified atom stereocenters. The van der Waals surface area contributed by atoms with Crippen LogP contribution in [-0.4, -0.2) is 107 Å². The van der Waals surface area contributed by atoms with Crippen LogP contribution in [0.3, 0.4) is 0 Å². The minimum atomic E-state index is -5.12. The van der Waals surface area contributed by atoms with Gasteiger partial charge in [-0.25, -0.2) is 4.18 Å². The van der Waals surface area contributed by atoms with E-state index in [-0.39, 0.29) is 6.42 Å². The molecule has 14 heteroatoms. The van der Waals surface area contributed by atoms with Crippen molar-refractivity contribution in [2.24, 2.45) is 0 Å². The molecule has 1 rings (SSSR count). The van der Waals surface area contributed by atoms with E-state index in [2.05, 4.69) is 47.7 Å². The van der Waals surface area contributed by atoms with Crippen molar-refractivity contribution in [1.29, 1.82) is 0 Å². The van der Waals surface area contributed by atoms with E-state index in [1.807, 2.05) is 0 Å². The van der Waals surface area contributed by atoms with Crippen molar-refractivity contribution in [3.63, 3.8) is 0 Å². The number of carbonyl (C=O) groups excluding carboxylic acids is 1. The highest BCUT2D eigenvalue weighted by Gasteiger charge is 2.48. The summed E-state index contributed by atoms with van der Waals surface area (Å²) >= 11 is 0. The van der Waals surface area contributed by atoms with E-state index in [4.69, 9.17) is 14.0 Å². The van der Waals surface area contributed by atoms with Gasteiger partial charge in [-0.15, -0.1) is 0 Å². The maximum absolute atomic E-state index is 13.1. The van der Waals surface area contributed by atoms with Crippen LogP contribution in [0.15, 0.2) is 36.5 Å². The van der Waals surface area contributed by atoms with Crippen molar-refractivity contribution in [3.05, 3.63) is 36.5 Å². The molecule has 1 amide bonds. The van der Waals surface area contributed by atoms with Crippen LogP contribution in [0.1, 0.15) is 174 Å². The zero-order chi connectivity index (χ0) is 42.9. The lowest BCUT2D eigenvalue weighted by molar-refractivity contribution is -0.298. The third-order valence-electron chi connectivity index (χ3n) is 10.5. The fourth-order valence-corrected chi connectivity index (χ4v) is 7.39. The second kappa shape index (κ2) is 34.9. The van der Waals surface area contributed by atoms with Gasteiger partial charge >= 0.3 is 10.4 Å². The summed E-state index contributed by atoms with van der Waals surface area (Å²) in [7, 11) is -5.12. The molecule has 0 bridgehead atoms. The molecule has 0 spiro atoms. The molecule has 0 radical (unpaired) electrons. The molecule has 1 aliphatic heterocycles. The highest BCUT2D eigenvalue weighted by molar-refractivity contribution is 7.80. The lowest BCUT2D eigenvalue weighted by Gasteiger charge is -2.41. The first kappa shape index (κ1) is 54.3. The van der Waals surface area contributed by atoms with Crippen LogP contribution < -0.4 is 5.32 Å². The first-order chi connectivity index (χ1) is 27.9. The summed E-state index contributed by atoms with van der Waals surface area (Å²) in [6.07, 6.45) is 28.0. The van der Waals surface area contributed by atoms with Crippen molar-refractivity contribution >= 4 is 16.3 Å². The van der Waals surface area contributed by atoms with E-state index in [9.17, 15) is 38.7 Å². The van der Waals surface area contributed by atoms with Crippen LogP contribution in [0.4, 0.5) is 0 Å². The van der Waals surface area contributed by atoms with E-state index < -0.39 is 78.5 Å². The van der Waals surface area contributed by atoms with Crippen LogP contribution in [0.2, 0.25) is 0 Å². The minimum absolute atomic E-state index is 0.229. The Balaban J connectivity index is 2.65. The number of aliphatic hydroxyl groups is 5. The summed E-state index contributed by atoms with van der Waals surface area (Å²) < 4.78 is 47.4. The number of unbranched alkanes of at least 4 members (excludes halogenated alkanes) is 20. The zero-order valence-electron chi connectivity index (χ0n) is 35.7. The maximum Gasteiger partial charge on any atom is 0.397 e. The molecule has 1 aliphatic rings. The highest BCUT2D eigenvalue weighted by atomic mass is 32.3. The fraction of sp³-hybridized carbons (Fsp3) is 0.841. The van der Waals surface area contributed by atoms with Crippen molar-refractivity contribution in [1.82, 2.24) is 5.32 Å². The number of hydrogen-bond donors (Lipinski definition) is 7. The molecule has 340 valence electrons. The Morgan fingerprint density at radius 2 is 1.16 bits per heavy atom. The molecule has 13 nitrogen and oxygen atoms in total. The van der Waals surface area contributed by atoms with Crippen LogP contribution in [0.25, 0.3) is 0 Å². The van der Waals surface area contributed by atoms with Crippen molar-refractivity contribution < 1.29 is 57.0 Å². The summed E-state index contributed by atoms with van der Waals surface area (Å²) in [5, 5.41) is 55.1. The molecule has 0 aromatic heterocycles. The molecule has 58 heavy (non-hydrogen) atoms. The molecule has 1 saturated heterocycles. The average Bonchev–Trinajstić information content (AvgIpc) is 3.19. The minimum Gasteiger partial charge on any atom is -0.394 e. The Morgan fingerprint density at radius 3 is 1.67 bits per heavy atom. The van der Waals surface area contributed by atoms with Gasteiger partial charge in [0.15, 0.2) is 6.29 Å². The van der Waals surface area contributed by atoms with Crippen LogP contribution in [-0.2, 0) is 28.9 Å². The molecule has 0 aliphatic carbocycles. The number of hydrogen-bond acceptors (Lipinski definition) is 11. The number of rotatable bonds is 37. The summed E-state index contributed by atoms with van der Waals surface area (Å²) in [4.78, 5) is 13.1. The summed E-state index contributed by atoms with van der Waals surface area (Å²) in [5.74, 6) is -0.719. The number of ether oxygens (including phenoxy) is 2. The summed E-state index contributed by atoms with van der Waals surface area (Å²) in [6, 6.07) is -1.14. The largest absolute Gasteiger partial charge is 0.397 e. The molecule has 8 atom stereocenters. The number of amides is 1.